The maximum Gasteiger partial charge on any atom is 0.0684 e. The first kappa shape index (κ1) is 15.1. The van der Waals surface area contributed by atoms with Crippen LogP contribution in [0.2, 0.25) is 0 Å². The van der Waals surface area contributed by atoms with Gasteiger partial charge in [-0.15, -0.1) is 0 Å². The van der Waals surface area contributed by atoms with Crippen LogP contribution in [0, 0.1) is 0 Å². The molecule has 1 aromatic rings. The maximum absolute atomic E-state index is 4.36. The van der Waals surface area contributed by atoms with Crippen LogP contribution in [-0.2, 0) is 6.54 Å². The summed E-state index contributed by atoms with van der Waals surface area (Å²) in [4.78, 5) is 6.57. The van der Waals surface area contributed by atoms with Crippen LogP contribution in [-0.4, -0.2) is 37.1 Å². The van der Waals surface area contributed by atoms with Gasteiger partial charge < -0.3 is 10.2 Å². The molecule has 0 unspecified atom stereocenters. The van der Waals surface area contributed by atoms with Gasteiger partial charge in [-0.25, -0.2) is 0 Å². The fourth-order valence-corrected chi connectivity index (χ4v) is 2.59. The first-order chi connectivity index (χ1) is 8.09. The van der Waals surface area contributed by atoms with E-state index in [0.717, 1.165) is 34.3 Å². The van der Waals surface area contributed by atoms with E-state index in [1.165, 1.54) is 12.8 Å². The molecule has 0 atom stereocenters. The van der Waals surface area contributed by atoms with E-state index in [4.69, 9.17) is 0 Å². The van der Waals surface area contributed by atoms with E-state index in [9.17, 15) is 0 Å². The molecule has 0 aliphatic heterocycles. The summed E-state index contributed by atoms with van der Waals surface area (Å²) in [6.07, 6.45) is 4.26. The zero-order chi connectivity index (χ0) is 12.7. The van der Waals surface area contributed by atoms with E-state index >= 15 is 0 Å². The SMILES string of the molecule is CN(C)CCCCNCc1ncc(Br)cc1Br. The third kappa shape index (κ3) is 6.50. The normalized spacial score (nSPS) is 11.1. The molecular weight excluding hydrogens is 346 g/mol. The number of hydrogen-bond donors (Lipinski definition) is 1. The van der Waals surface area contributed by atoms with E-state index in [1.54, 1.807) is 0 Å². The van der Waals surface area contributed by atoms with Gasteiger partial charge in [0.15, 0.2) is 0 Å². The van der Waals surface area contributed by atoms with Gasteiger partial charge in [-0.2, -0.15) is 0 Å². The summed E-state index contributed by atoms with van der Waals surface area (Å²) in [6, 6.07) is 2.02. The topological polar surface area (TPSA) is 28.2 Å². The highest BCUT2D eigenvalue weighted by molar-refractivity contribution is 9.11. The second-order valence-corrected chi connectivity index (χ2v) is 6.04. The van der Waals surface area contributed by atoms with Crippen LogP contribution in [0.25, 0.3) is 0 Å². The molecule has 0 aliphatic carbocycles. The van der Waals surface area contributed by atoms with Crippen molar-refractivity contribution in [2.75, 3.05) is 27.2 Å². The molecule has 17 heavy (non-hydrogen) atoms. The van der Waals surface area contributed by atoms with Gasteiger partial charge in [-0.1, -0.05) is 0 Å². The number of unbranched alkanes of at least 4 members (excludes halogenated alkanes) is 1. The van der Waals surface area contributed by atoms with Crippen molar-refractivity contribution in [3.05, 3.63) is 26.9 Å². The number of aromatic nitrogens is 1. The Labute approximate surface area is 120 Å². The molecule has 0 aliphatic rings. The van der Waals surface area contributed by atoms with Crippen LogP contribution in [0.5, 0.6) is 0 Å². The van der Waals surface area contributed by atoms with E-state index in [1.807, 2.05) is 12.3 Å². The van der Waals surface area contributed by atoms with Gasteiger partial charge in [0, 0.05) is 21.7 Å². The molecule has 0 saturated heterocycles. The Bertz CT molecular complexity index is 343. The zero-order valence-corrected chi connectivity index (χ0v) is 13.5. The van der Waals surface area contributed by atoms with E-state index < -0.39 is 0 Å². The summed E-state index contributed by atoms with van der Waals surface area (Å²) in [5, 5.41) is 3.41. The molecule has 0 amide bonds. The van der Waals surface area contributed by atoms with Crippen molar-refractivity contribution >= 4 is 31.9 Å². The molecule has 1 heterocycles. The van der Waals surface area contributed by atoms with E-state index in [2.05, 4.69) is 61.2 Å². The standard InChI is InChI=1S/C12H19Br2N3/c1-17(2)6-4-3-5-15-9-12-11(14)7-10(13)8-16-12/h7-8,15H,3-6,9H2,1-2H3. The quantitative estimate of drug-likeness (QED) is 0.753. The van der Waals surface area contributed by atoms with E-state index in [0.29, 0.717) is 0 Å². The van der Waals surface area contributed by atoms with Crippen LogP contribution in [0.4, 0.5) is 0 Å². The van der Waals surface area contributed by atoms with Crippen molar-refractivity contribution in [1.29, 1.82) is 0 Å². The van der Waals surface area contributed by atoms with Gasteiger partial charge in [0.05, 0.1) is 5.69 Å². The second-order valence-electron chi connectivity index (χ2n) is 4.27. The van der Waals surface area contributed by atoms with Crippen LogP contribution >= 0.6 is 31.9 Å². The van der Waals surface area contributed by atoms with Crippen molar-refractivity contribution in [3.8, 4) is 0 Å². The molecule has 5 heteroatoms. The number of halogens is 2. The average molecular weight is 365 g/mol. The zero-order valence-electron chi connectivity index (χ0n) is 10.3. The minimum Gasteiger partial charge on any atom is -0.311 e. The monoisotopic (exact) mass is 363 g/mol. The molecule has 1 N–H and O–H groups in total. The van der Waals surface area contributed by atoms with E-state index in [-0.39, 0.29) is 0 Å². The number of nitrogens with one attached hydrogen (secondary N) is 1. The van der Waals surface area contributed by atoms with Crippen LogP contribution in [0.1, 0.15) is 18.5 Å². The number of pyridine rings is 1. The first-order valence-electron chi connectivity index (χ1n) is 5.75. The number of hydrogen-bond acceptors (Lipinski definition) is 3. The molecule has 96 valence electrons. The van der Waals surface area contributed by atoms with Crippen molar-refractivity contribution in [3.63, 3.8) is 0 Å². The van der Waals surface area contributed by atoms with Gasteiger partial charge in [-0.3, -0.25) is 4.98 Å². The number of rotatable bonds is 7. The molecule has 0 saturated carbocycles. The highest BCUT2D eigenvalue weighted by Crippen LogP contribution is 2.19. The smallest absolute Gasteiger partial charge is 0.0684 e. The highest BCUT2D eigenvalue weighted by atomic mass is 79.9. The third-order valence-corrected chi connectivity index (χ3v) is 3.51. The Morgan fingerprint density at radius 3 is 2.71 bits per heavy atom. The molecule has 0 bridgehead atoms. The lowest BCUT2D eigenvalue weighted by Gasteiger charge is -2.09. The third-order valence-electron chi connectivity index (χ3n) is 2.39. The summed E-state index contributed by atoms with van der Waals surface area (Å²) >= 11 is 6.90. The Morgan fingerprint density at radius 1 is 1.29 bits per heavy atom. The summed E-state index contributed by atoms with van der Waals surface area (Å²) in [5.74, 6) is 0. The minimum atomic E-state index is 0.815. The molecule has 0 spiro atoms. The van der Waals surface area contributed by atoms with Crippen molar-refractivity contribution < 1.29 is 0 Å². The molecule has 0 aromatic carbocycles. The molecular formula is C12H19Br2N3. The Hall–Kier alpha value is 0.0300. The lowest BCUT2D eigenvalue weighted by Crippen LogP contribution is -2.18. The average Bonchev–Trinajstić information content (AvgIpc) is 2.25. The predicted molar refractivity (Wildman–Crippen MR) is 79.1 cm³/mol. The fraction of sp³-hybridized carbons (Fsp3) is 0.583. The van der Waals surface area contributed by atoms with Crippen LogP contribution in [0.15, 0.2) is 21.2 Å². The van der Waals surface area contributed by atoms with Gasteiger partial charge in [0.1, 0.15) is 0 Å². The van der Waals surface area contributed by atoms with Crippen molar-refractivity contribution in [2.45, 2.75) is 19.4 Å². The predicted octanol–water partition coefficient (Wildman–Crippen LogP) is 3.04. The Balaban J connectivity index is 2.18. The van der Waals surface area contributed by atoms with Gasteiger partial charge in [0.2, 0.25) is 0 Å². The molecule has 1 aromatic heterocycles. The van der Waals surface area contributed by atoms with Crippen LogP contribution in [0.3, 0.4) is 0 Å². The summed E-state index contributed by atoms with van der Waals surface area (Å²) < 4.78 is 2.05. The van der Waals surface area contributed by atoms with Crippen LogP contribution < -0.4 is 5.32 Å². The molecule has 1 rings (SSSR count). The summed E-state index contributed by atoms with van der Waals surface area (Å²) in [7, 11) is 4.21. The van der Waals surface area contributed by atoms with Crippen molar-refractivity contribution in [2.24, 2.45) is 0 Å². The lowest BCUT2D eigenvalue weighted by molar-refractivity contribution is 0.391. The summed E-state index contributed by atoms with van der Waals surface area (Å²) in [5.41, 5.74) is 1.06. The Kier molecular flexibility index (Phi) is 7.27. The number of nitrogens with zero attached hydrogens (tertiary/aromatic N) is 2. The van der Waals surface area contributed by atoms with Gasteiger partial charge >= 0.3 is 0 Å². The first-order valence-corrected chi connectivity index (χ1v) is 7.33. The fourth-order valence-electron chi connectivity index (χ4n) is 1.46. The largest absolute Gasteiger partial charge is 0.311 e. The Morgan fingerprint density at radius 2 is 2.06 bits per heavy atom. The lowest BCUT2D eigenvalue weighted by atomic mass is 10.3. The highest BCUT2D eigenvalue weighted by Gasteiger charge is 2.01. The second kappa shape index (κ2) is 8.19. The van der Waals surface area contributed by atoms with Gasteiger partial charge in [0.25, 0.3) is 0 Å². The minimum absolute atomic E-state index is 0.815. The van der Waals surface area contributed by atoms with Crippen molar-refractivity contribution in [1.82, 2.24) is 15.2 Å². The molecule has 0 fully saturated rings. The maximum atomic E-state index is 4.36. The molecule has 0 radical (unpaired) electrons. The summed E-state index contributed by atoms with van der Waals surface area (Å²) in [6.45, 7) is 3.01. The molecule has 3 nitrogen and oxygen atoms in total. The van der Waals surface area contributed by atoms with Gasteiger partial charge in [-0.05, 0) is 78.0 Å².